The van der Waals surface area contributed by atoms with Crippen LogP contribution >= 0.6 is 0 Å². The van der Waals surface area contributed by atoms with Gasteiger partial charge < -0.3 is 26.4 Å². The van der Waals surface area contributed by atoms with Gasteiger partial charge in [-0.05, 0) is 36.4 Å². The van der Waals surface area contributed by atoms with Gasteiger partial charge in [0.1, 0.15) is 12.4 Å². The molecule has 0 saturated carbocycles. The Morgan fingerprint density at radius 3 is 2.08 bits per heavy atom. The van der Waals surface area contributed by atoms with Gasteiger partial charge in [0.25, 0.3) is 5.91 Å². The first-order valence-electron chi connectivity index (χ1n) is 11.5. The topological polar surface area (TPSA) is 170 Å². The highest BCUT2D eigenvalue weighted by Crippen LogP contribution is 2.18. The SMILES string of the molecule is N=C(N)c1cccc(C(=O)N(CC(=O)O)c2ccccc2)c1.NC(=O)N1CCN(c2ccncc2)CC1. The average Bonchev–Trinajstić information content (AvgIpc) is 2.92. The number of anilines is 2. The summed E-state index contributed by atoms with van der Waals surface area (Å²) in [5, 5.41) is 16.5. The molecule has 0 unspecified atom stereocenters. The van der Waals surface area contributed by atoms with Gasteiger partial charge in [0.05, 0.1) is 0 Å². The van der Waals surface area contributed by atoms with Crippen molar-refractivity contribution in [2.75, 3.05) is 42.5 Å². The lowest BCUT2D eigenvalue weighted by molar-refractivity contribution is -0.135. The predicted octanol–water partition coefficient (Wildman–Crippen LogP) is 1.98. The molecule has 4 rings (SSSR count). The second kappa shape index (κ2) is 12.7. The molecule has 2 heterocycles. The standard InChI is InChI=1S/C16H15N3O3.C10H14N4O/c17-15(18)11-5-4-6-12(9-11)16(22)19(10-14(20)21)13-7-2-1-3-8-13;11-10(15)14-7-5-13(6-8-14)9-1-3-12-4-2-9/h1-9H,10H2,(H3,17,18)(H,20,21);1-4H,5-8H2,(H2,11,15). The molecule has 1 aromatic heterocycles. The summed E-state index contributed by atoms with van der Waals surface area (Å²) < 4.78 is 0. The molecular formula is C26H29N7O4. The first kappa shape index (κ1) is 26.7. The molecule has 0 bridgehead atoms. The van der Waals surface area contributed by atoms with Crippen molar-refractivity contribution in [1.29, 1.82) is 5.41 Å². The van der Waals surface area contributed by atoms with Crippen molar-refractivity contribution < 1.29 is 19.5 Å². The number of primary amides is 1. The van der Waals surface area contributed by atoms with Gasteiger partial charge in [-0.2, -0.15) is 0 Å². The number of nitrogens with zero attached hydrogens (tertiary/aromatic N) is 4. The van der Waals surface area contributed by atoms with Crippen LogP contribution in [-0.4, -0.2) is 71.5 Å². The van der Waals surface area contributed by atoms with Gasteiger partial charge in [-0.1, -0.05) is 30.3 Å². The number of amides is 3. The van der Waals surface area contributed by atoms with Crippen molar-refractivity contribution in [1.82, 2.24) is 9.88 Å². The van der Waals surface area contributed by atoms with E-state index in [1.807, 2.05) is 12.1 Å². The molecular weight excluding hydrogens is 474 g/mol. The largest absolute Gasteiger partial charge is 0.480 e. The summed E-state index contributed by atoms with van der Waals surface area (Å²) in [7, 11) is 0. The van der Waals surface area contributed by atoms with Gasteiger partial charge in [-0.25, -0.2) is 4.79 Å². The van der Waals surface area contributed by atoms with E-state index >= 15 is 0 Å². The summed E-state index contributed by atoms with van der Waals surface area (Å²) in [6.07, 6.45) is 3.55. The average molecular weight is 504 g/mol. The van der Waals surface area contributed by atoms with E-state index in [-0.39, 0.29) is 17.4 Å². The maximum absolute atomic E-state index is 12.6. The number of hydrogen-bond donors (Lipinski definition) is 4. The zero-order chi connectivity index (χ0) is 26.8. The van der Waals surface area contributed by atoms with Gasteiger partial charge in [0.2, 0.25) is 0 Å². The Labute approximate surface area is 214 Å². The molecule has 1 saturated heterocycles. The van der Waals surface area contributed by atoms with Crippen LogP contribution in [0.1, 0.15) is 15.9 Å². The fraction of sp³-hybridized carbons (Fsp3) is 0.192. The van der Waals surface area contributed by atoms with Gasteiger partial charge in [-0.15, -0.1) is 0 Å². The highest BCUT2D eigenvalue weighted by atomic mass is 16.4. The third kappa shape index (κ3) is 7.52. The van der Waals surface area contributed by atoms with E-state index in [9.17, 15) is 14.4 Å². The number of aromatic nitrogens is 1. The third-order valence-corrected chi connectivity index (χ3v) is 5.65. The van der Waals surface area contributed by atoms with Gasteiger partial charge in [-0.3, -0.25) is 24.9 Å². The van der Waals surface area contributed by atoms with Gasteiger partial charge >= 0.3 is 12.0 Å². The molecule has 0 aliphatic carbocycles. The van der Waals surface area contributed by atoms with E-state index in [1.54, 1.807) is 65.8 Å². The summed E-state index contributed by atoms with van der Waals surface area (Å²) in [5.74, 6) is -1.73. The molecule has 192 valence electrons. The van der Waals surface area contributed by atoms with Crippen LogP contribution in [0.15, 0.2) is 79.1 Å². The number of benzene rings is 2. The summed E-state index contributed by atoms with van der Waals surface area (Å²) in [5.41, 5.74) is 12.9. The number of carbonyl (C=O) groups excluding carboxylic acids is 2. The summed E-state index contributed by atoms with van der Waals surface area (Å²) >= 11 is 0. The highest BCUT2D eigenvalue weighted by Gasteiger charge is 2.21. The molecule has 11 heteroatoms. The van der Waals surface area contributed by atoms with Crippen molar-refractivity contribution >= 4 is 35.1 Å². The van der Waals surface area contributed by atoms with Crippen LogP contribution in [0.5, 0.6) is 0 Å². The van der Waals surface area contributed by atoms with E-state index in [0.29, 0.717) is 24.3 Å². The van der Waals surface area contributed by atoms with E-state index in [4.69, 9.17) is 22.0 Å². The van der Waals surface area contributed by atoms with Gasteiger partial charge in [0, 0.05) is 61.1 Å². The number of urea groups is 1. The van der Waals surface area contributed by atoms with Crippen LogP contribution in [0.2, 0.25) is 0 Å². The van der Waals surface area contributed by atoms with Crippen LogP contribution in [0.3, 0.4) is 0 Å². The highest BCUT2D eigenvalue weighted by molar-refractivity contribution is 6.09. The van der Waals surface area contributed by atoms with E-state index < -0.39 is 18.4 Å². The van der Waals surface area contributed by atoms with Crippen molar-refractivity contribution in [2.24, 2.45) is 11.5 Å². The number of carbonyl (C=O) groups is 3. The van der Waals surface area contributed by atoms with E-state index in [1.165, 1.54) is 11.0 Å². The monoisotopic (exact) mass is 503 g/mol. The number of carboxylic acids is 1. The van der Waals surface area contributed by atoms with Crippen molar-refractivity contribution in [2.45, 2.75) is 0 Å². The molecule has 1 aliphatic heterocycles. The Hall–Kier alpha value is -4.93. The van der Waals surface area contributed by atoms with Crippen LogP contribution in [0.25, 0.3) is 0 Å². The summed E-state index contributed by atoms with van der Waals surface area (Å²) in [6.45, 7) is 2.59. The van der Waals surface area contributed by atoms with Crippen molar-refractivity contribution in [3.63, 3.8) is 0 Å². The number of nitrogen functional groups attached to an aromatic ring is 1. The minimum Gasteiger partial charge on any atom is -0.480 e. The Bertz CT molecular complexity index is 1230. The van der Waals surface area contributed by atoms with Crippen LogP contribution in [-0.2, 0) is 4.79 Å². The number of para-hydroxylation sites is 1. The first-order chi connectivity index (χ1) is 17.8. The number of pyridine rings is 1. The first-order valence-corrected chi connectivity index (χ1v) is 11.5. The maximum atomic E-state index is 12.6. The lowest BCUT2D eigenvalue weighted by atomic mass is 10.1. The maximum Gasteiger partial charge on any atom is 0.323 e. The Morgan fingerprint density at radius 2 is 1.51 bits per heavy atom. The van der Waals surface area contributed by atoms with E-state index in [0.717, 1.165) is 18.8 Å². The molecule has 0 spiro atoms. The number of nitrogens with one attached hydrogen (secondary N) is 1. The molecule has 1 aliphatic rings. The number of hydrogen-bond acceptors (Lipinski definition) is 6. The molecule has 1 fully saturated rings. The Kier molecular flexibility index (Phi) is 9.14. The smallest absolute Gasteiger partial charge is 0.323 e. The Balaban J connectivity index is 0.000000220. The zero-order valence-electron chi connectivity index (χ0n) is 20.2. The molecule has 2 aromatic carbocycles. The van der Waals surface area contributed by atoms with Gasteiger partial charge in [0.15, 0.2) is 0 Å². The second-order valence-corrected chi connectivity index (χ2v) is 8.13. The number of amidine groups is 1. The molecule has 37 heavy (non-hydrogen) atoms. The quantitative estimate of drug-likeness (QED) is 0.294. The molecule has 0 radical (unpaired) electrons. The van der Waals surface area contributed by atoms with Crippen molar-refractivity contribution in [3.05, 3.63) is 90.3 Å². The minimum atomic E-state index is -1.11. The minimum absolute atomic E-state index is 0.154. The number of aliphatic carboxylic acids is 1. The summed E-state index contributed by atoms with van der Waals surface area (Å²) in [4.78, 5) is 43.6. The normalized spacial score (nSPS) is 12.6. The number of rotatable bonds is 6. The van der Waals surface area contributed by atoms with Crippen LogP contribution in [0, 0.1) is 5.41 Å². The molecule has 3 aromatic rings. The molecule has 6 N–H and O–H groups in total. The zero-order valence-corrected chi connectivity index (χ0v) is 20.2. The molecule has 3 amide bonds. The predicted molar refractivity (Wildman–Crippen MR) is 141 cm³/mol. The van der Waals surface area contributed by atoms with Crippen LogP contribution < -0.4 is 21.3 Å². The number of nitrogens with two attached hydrogens (primary N) is 2. The summed E-state index contributed by atoms with van der Waals surface area (Å²) in [6, 6.07) is 18.4. The fourth-order valence-electron chi connectivity index (χ4n) is 3.74. The Morgan fingerprint density at radius 1 is 0.892 bits per heavy atom. The number of carboxylic acid groups (broad SMARTS) is 1. The third-order valence-electron chi connectivity index (χ3n) is 5.65. The lowest BCUT2D eigenvalue weighted by Crippen LogP contribution is -2.50. The fourth-order valence-corrected chi connectivity index (χ4v) is 3.74. The number of piperazine rings is 1. The van der Waals surface area contributed by atoms with E-state index in [2.05, 4.69) is 9.88 Å². The lowest BCUT2D eigenvalue weighted by Gasteiger charge is -2.35. The van der Waals surface area contributed by atoms with Crippen molar-refractivity contribution in [3.8, 4) is 0 Å². The second-order valence-electron chi connectivity index (χ2n) is 8.13. The van der Waals surface area contributed by atoms with Crippen LogP contribution in [0.4, 0.5) is 16.2 Å². The molecule has 0 atom stereocenters. The molecule has 11 nitrogen and oxygen atoms in total.